The number of hydrogen-bond acceptors (Lipinski definition) is 3. The van der Waals surface area contributed by atoms with Gasteiger partial charge in [0, 0.05) is 20.0 Å². The number of benzene rings is 2. The molecule has 2 amide bonds. The van der Waals surface area contributed by atoms with E-state index in [9.17, 15) is 9.59 Å². The Hall–Kier alpha value is -2.84. The smallest absolute Gasteiger partial charge is 0.252 e. The molecule has 24 heavy (non-hydrogen) atoms. The van der Waals surface area contributed by atoms with Crippen LogP contribution in [0.1, 0.15) is 22.8 Å². The van der Waals surface area contributed by atoms with E-state index in [2.05, 4.69) is 11.4 Å². The van der Waals surface area contributed by atoms with Gasteiger partial charge in [0.1, 0.15) is 6.07 Å². The molecule has 0 aliphatic heterocycles. The molecule has 0 bridgehead atoms. The Labute approximate surface area is 145 Å². The second-order valence-corrected chi connectivity index (χ2v) is 5.44. The number of nitrogens with one attached hydrogen (secondary N) is 1. The van der Waals surface area contributed by atoms with Crippen LogP contribution in [0.15, 0.2) is 48.5 Å². The summed E-state index contributed by atoms with van der Waals surface area (Å²) in [5, 5.41) is 12.3. The monoisotopic (exact) mass is 341 g/mol. The van der Waals surface area contributed by atoms with Gasteiger partial charge in [0.15, 0.2) is 0 Å². The van der Waals surface area contributed by atoms with E-state index in [1.807, 2.05) is 0 Å². The van der Waals surface area contributed by atoms with E-state index < -0.39 is 0 Å². The first-order valence-electron chi connectivity index (χ1n) is 7.34. The van der Waals surface area contributed by atoms with Crippen LogP contribution < -0.4 is 10.2 Å². The Balaban J connectivity index is 2.06. The summed E-state index contributed by atoms with van der Waals surface area (Å²) >= 11 is 5.99. The number of carbonyl (C=O) groups is 2. The van der Waals surface area contributed by atoms with Crippen molar-refractivity contribution in [3.05, 3.63) is 64.7 Å². The normalized spacial score (nSPS) is 9.88. The summed E-state index contributed by atoms with van der Waals surface area (Å²) in [6.07, 6.45) is 0. The van der Waals surface area contributed by atoms with E-state index in [1.165, 1.54) is 11.8 Å². The number of nitrogens with zero attached hydrogens (tertiary/aromatic N) is 2. The van der Waals surface area contributed by atoms with Gasteiger partial charge < -0.3 is 10.2 Å². The minimum absolute atomic E-state index is 0.204. The third-order valence-electron chi connectivity index (χ3n) is 3.43. The van der Waals surface area contributed by atoms with Crippen molar-refractivity contribution in [3.8, 4) is 6.07 Å². The molecule has 2 rings (SSSR count). The van der Waals surface area contributed by atoms with Gasteiger partial charge in [-0.1, -0.05) is 35.9 Å². The number of rotatable bonds is 5. The Morgan fingerprint density at radius 2 is 1.83 bits per heavy atom. The van der Waals surface area contributed by atoms with Crippen molar-refractivity contribution in [1.29, 1.82) is 5.26 Å². The van der Waals surface area contributed by atoms with Crippen molar-refractivity contribution >= 4 is 29.1 Å². The molecule has 5 nitrogen and oxygen atoms in total. The molecule has 0 fully saturated rings. The molecule has 2 aromatic carbocycles. The first kappa shape index (κ1) is 17.5. The number of nitriles is 1. The molecule has 122 valence electrons. The van der Waals surface area contributed by atoms with Crippen LogP contribution >= 0.6 is 11.6 Å². The summed E-state index contributed by atoms with van der Waals surface area (Å²) in [4.78, 5) is 25.5. The number of amides is 2. The Morgan fingerprint density at radius 3 is 2.50 bits per heavy atom. The fourth-order valence-electron chi connectivity index (χ4n) is 2.27. The molecule has 0 radical (unpaired) electrons. The van der Waals surface area contributed by atoms with Gasteiger partial charge in [-0.05, 0) is 24.3 Å². The SMILES string of the molecule is CC(=O)N(CCNC(=O)c1ccccc1Cl)c1ccccc1C#N. The number of hydrogen-bond donors (Lipinski definition) is 1. The molecule has 0 saturated heterocycles. The zero-order valence-corrected chi connectivity index (χ0v) is 13.9. The first-order chi connectivity index (χ1) is 11.5. The second-order valence-electron chi connectivity index (χ2n) is 5.04. The molecule has 0 aliphatic rings. The van der Waals surface area contributed by atoms with Gasteiger partial charge >= 0.3 is 0 Å². The van der Waals surface area contributed by atoms with Crippen molar-refractivity contribution in [1.82, 2.24) is 5.32 Å². The number of anilines is 1. The third-order valence-corrected chi connectivity index (χ3v) is 3.76. The quantitative estimate of drug-likeness (QED) is 0.908. The van der Waals surface area contributed by atoms with Crippen molar-refractivity contribution in [2.75, 3.05) is 18.0 Å². The lowest BCUT2D eigenvalue weighted by Gasteiger charge is -2.22. The Bertz CT molecular complexity index is 799. The minimum atomic E-state index is -0.308. The number of carbonyl (C=O) groups excluding carboxylic acids is 2. The summed E-state index contributed by atoms with van der Waals surface area (Å²) in [5.74, 6) is -0.512. The lowest BCUT2D eigenvalue weighted by molar-refractivity contribution is -0.116. The highest BCUT2D eigenvalue weighted by molar-refractivity contribution is 6.33. The van der Waals surface area contributed by atoms with Crippen LogP contribution in [0.2, 0.25) is 5.02 Å². The van der Waals surface area contributed by atoms with Crippen LogP contribution in [0.5, 0.6) is 0 Å². The summed E-state index contributed by atoms with van der Waals surface area (Å²) in [5.41, 5.74) is 1.32. The Kier molecular flexibility index (Phi) is 5.94. The Morgan fingerprint density at radius 1 is 1.17 bits per heavy atom. The zero-order chi connectivity index (χ0) is 17.5. The van der Waals surface area contributed by atoms with Gasteiger partial charge in [-0.3, -0.25) is 9.59 Å². The lowest BCUT2D eigenvalue weighted by atomic mass is 10.1. The van der Waals surface area contributed by atoms with Crippen LogP contribution in [-0.4, -0.2) is 24.9 Å². The molecule has 2 aromatic rings. The van der Waals surface area contributed by atoms with Crippen LogP contribution in [0.25, 0.3) is 0 Å². The van der Waals surface area contributed by atoms with E-state index in [4.69, 9.17) is 16.9 Å². The van der Waals surface area contributed by atoms with Gasteiger partial charge in [0.25, 0.3) is 5.91 Å². The maximum Gasteiger partial charge on any atom is 0.252 e. The topological polar surface area (TPSA) is 73.2 Å². The average molecular weight is 342 g/mol. The largest absolute Gasteiger partial charge is 0.350 e. The van der Waals surface area contributed by atoms with Gasteiger partial charge in [-0.15, -0.1) is 0 Å². The molecule has 0 aromatic heterocycles. The summed E-state index contributed by atoms with van der Waals surface area (Å²) in [6, 6.07) is 15.7. The molecule has 0 heterocycles. The second kappa shape index (κ2) is 8.14. The maximum absolute atomic E-state index is 12.1. The molecule has 1 N–H and O–H groups in total. The van der Waals surface area contributed by atoms with E-state index in [1.54, 1.807) is 48.5 Å². The predicted octanol–water partition coefficient (Wildman–Crippen LogP) is 2.99. The highest BCUT2D eigenvalue weighted by Crippen LogP contribution is 2.19. The molecular weight excluding hydrogens is 326 g/mol. The third kappa shape index (κ3) is 4.12. The van der Waals surface area contributed by atoms with E-state index in [-0.39, 0.29) is 24.9 Å². The van der Waals surface area contributed by atoms with Crippen molar-refractivity contribution in [3.63, 3.8) is 0 Å². The molecule has 0 saturated carbocycles. The lowest BCUT2D eigenvalue weighted by Crippen LogP contribution is -2.38. The molecule has 0 aliphatic carbocycles. The van der Waals surface area contributed by atoms with Crippen molar-refractivity contribution in [2.45, 2.75) is 6.92 Å². The van der Waals surface area contributed by atoms with E-state index >= 15 is 0 Å². The van der Waals surface area contributed by atoms with Gasteiger partial charge in [-0.25, -0.2) is 0 Å². The van der Waals surface area contributed by atoms with E-state index in [0.29, 0.717) is 21.8 Å². The standard InChI is InChI=1S/C18H16ClN3O2/c1-13(23)22(17-9-5-2-6-14(17)12-20)11-10-21-18(24)15-7-3-4-8-16(15)19/h2-9H,10-11H2,1H3,(H,21,24). The predicted molar refractivity (Wildman–Crippen MR) is 93.0 cm³/mol. The highest BCUT2D eigenvalue weighted by Gasteiger charge is 2.16. The summed E-state index contributed by atoms with van der Waals surface area (Å²) in [7, 11) is 0. The molecular formula is C18H16ClN3O2. The highest BCUT2D eigenvalue weighted by atomic mass is 35.5. The summed E-state index contributed by atoms with van der Waals surface area (Å²) < 4.78 is 0. The van der Waals surface area contributed by atoms with Crippen LogP contribution in [0.4, 0.5) is 5.69 Å². The van der Waals surface area contributed by atoms with Crippen molar-refractivity contribution < 1.29 is 9.59 Å². The maximum atomic E-state index is 12.1. The number of para-hydroxylation sites is 1. The fourth-order valence-corrected chi connectivity index (χ4v) is 2.49. The molecule has 0 spiro atoms. The number of halogens is 1. The molecule has 6 heteroatoms. The average Bonchev–Trinajstić information content (AvgIpc) is 2.58. The minimum Gasteiger partial charge on any atom is -0.350 e. The fraction of sp³-hybridized carbons (Fsp3) is 0.167. The van der Waals surface area contributed by atoms with Gasteiger partial charge in [-0.2, -0.15) is 5.26 Å². The van der Waals surface area contributed by atoms with Crippen LogP contribution in [-0.2, 0) is 4.79 Å². The van der Waals surface area contributed by atoms with Crippen LogP contribution in [0.3, 0.4) is 0 Å². The molecule has 0 atom stereocenters. The van der Waals surface area contributed by atoms with Gasteiger partial charge in [0.05, 0.1) is 21.8 Å². The van der Waals surface area contributed by atoms with Gasteiger partial charge in [0.2, 0.25) is 5.91 Å². The van der Waals surface area contributed by atoms with Crippen molar-refractivity contribution in [2.24, 2.45) is 0 Å². The molecule has 0 unspecified atom stereocenters. The van der Waals surface area contributed by atoms with Crippen LogP contribution in [0, 0.1) is 11.3 Å². The van der Waals surface area contributed by atoms with E-state index in [0.717, 1.165) is 0 Å². The first-order valence-corrected chi connectivity index (χ1v) is 7.72. The zero-order valence-electron chi connectivity index (χ0n) is 13.1. The summed E-state index contributed by atoms with van der Waals surface area (Å²) in [6.45, 7) is 1.91.